The average molecular weight is 314 g/mol. The molecule has 0 aliphatic rings. The van der Waals surface area contributed by atoms with Gasteiger partial charge in [0.15, 0.2) is 0 Å². The van der Waals surface area contributed by atoms with Crippen LogP contribution in [0.4, 0.5) is 5.95 Å². The molecule has 0 fully saturated rings. The van der Waals surface area contributed by atoms with Crippen molar-refractivity contribution in [3.8, 4) is 5.75 Å². The number of nitrogens with zero attached hydrogens (tertiary/aromatic N) is 2. The highest BCUT2D eigenvalue weighted by atomic mass is 16.5. The first-order valence-corrected chi connectivity index (χ1v) is 6.84. The van der Waals surface area contributed by atoms with E-state index in [1.165, 1.54) is 13.4 Å². The number of ether oxygens (including phenoxy) is 1. The van der Waals surface area contributed by atoms with Crippen molar-refractivity contribution in [1.29, 1.82) is 0 Å². The zero-order chi connectivity index (χ0) is 16.4. The van der Waals surface area contributed by atoms with Gasteiger partial charge in [-0.15, -0.1) is 0 Å². The van der Waals surface area contributed by atoms with E-state index in [9.17, 15) is 9.59 Å². The number of H-pyrrole nitrogens is 1. The van der Waals surface area contributed by atoms with Crippen LogP contribution in [0.1, 0.15) is 11.1 Å². The first-order valence-electron chi connectivity index (χ1n) is 6.84. The van der Waals surface area contributed by atoms with Crippen LogP contribution in [-0.2, 0) is 11.2 Å². The van der Waals surface area contributed by atoms with Gasteiger partial charge in [0.05, 0.1) is 19.1 Å². The largest absolute Gasteiger partial charge is 0.497 e. The molecule has 1 amide bonds. The normalized spacial score (nSPS) is 10.7. The standard InChI is InChI=1S/C15H14N4O4/c1-8-10-4-3-9(22-2)5-12(10)23-14(21)11(8)6-13(20)18-15-16-7-17-19-15/h3-5,7H,6H2,1-2H3,(H2,16,17,18,19,20). The van der Waals surface area contributed by atoms with Crippen LogP contribution in [0.5, 0.6) is 5.75 Å². The van der Waals surface area contributed by atoms with Gasteiger partial charge < -0.3 is 9.15 Å². The van der Waals surface area contributed by atoms with Gasteiger partial charge in [-0.25, -0.2) is 9.89 Å². The molecule has 1 aromatic carbocycles. The van der Waals surface area contributed by atoms with Gasteiger partial charge in [0.25, 0.3) is 0 Å². The van der Waals surface area contributed by atoms with Crippen molar-refractivity contribution in [3.05, 3.63) is 46.1 Å². The van der Waals surface area contributed by atoms with E-state index in [2.05, 4.69) is 20.5 Å². The Labute approximate surface area is 130 Å². The van der Waals surface area contributed by atoms with Crippen molar-refractivity contribution in [2.24, 2.45) is 0 Å². The molecule has 2 aromatic heterocycles. The molecule has 0 radical (unpaired) electrons. The molecule has 0 atom stereocenters. The van der Waals surface area contributed by atoms with Crippen LogP contribution in [0.25, 0.3) is 11.0 Å². The van der Waals surface area contributed by atoms with Crippen molar-refractivity contribution in [1.82, 2.24) is 15.2 Å². The number of hydrogen-bond donors (Lipinski definition) is 2. The molecule has 0 bridgehead atoms. The Bertz CT molecular complexity index is 915. The summed E-state index contributed by atoms with van der Waals surface area (Å²) < 4.78 is 10.4. The Morgan fingerprint density at radius 3 is 2.96 bits per heavy atom. The SMILES string of the molecule is COc1ccc2c(C)c(CC(=O)Nc3ncn[nH]3)c(=O)oc2c1. The number of aromatic nitrogens is 3. The third kappa shape index (κ3) is 2.91. The Balaban J connectivity index is 1.94. The molecule has 0 saturated carbocycles. The monoisotopic (exact) mass is 314 g/mol. The zero-order valence-electron chi connectivity index (χ0n) is 12.5. The van der Waals surface area contributed by atoms with E-state index < -0.39 is 5.63 Å². The molecule has 2 N–H and O–H groups in total. The van der Waals surface area contributed by atoms with E-state index in [0.717, 1.165) is 5.39 Å². The highest BCUT2D eigenvalue weighted by Crippen LogP contribution is 2.24. The summed E-state index contributed by atoms with van der Waals surface area (Å²) in [5.74, 6) is 0.434. The fraction of sp³-hybridized carbons (Fsp3) is 0.200. The number of carbonyl (C=O) groups is 1. The second kappa shape index (κ2) is 5.91. The molecule has 0 aliphatic heterocycles. The number of benzene rings is 1. The lowest BCUT2D eigenvalue weighted by Crippen LogP contribution is -2.21. The molecular weight excluding hydrogens is 300 g/mol. The minimum atomic E-state index is -0.545. The first-order chi connectivity index (χ1) is 11.1. The second-order valence-electron chi connectivity index (χ2n) is 4.91. The van der Waals surface area contributed by atoms with Gasteiger partial charge in [-0.1, -0.05) is 0 Å². The number of nitrogens with one attached hydrogen (secondary N) is 2. The average Bonchev–Trinajstić information content (AvgIpc) is 3.03. The number of carbonyl (C=O) groups excluding carboxylic acids is 1. The van der Waals surface area contributed by atoms with Gasteiger partial charge in [0, 0.05) is 11.5 Å². The summed E-state index contributed by atoms with van der Waals surface area (Å²) in [6.45, 7) is 1.78. The fourth-order valence-electron chi connectivity index (χ4n) is 2.31. The molecule has 3 rings (SSSR count). The van der Waals surface area contributed by atoms with Gasteiger partial charge in [-0.2, -0.15) is 10.1 Å². The van der Waals surface area contributed by atoms with E-state index >= 15 is 0 Å². The Kier molecular flexibility index (Phi) is 3.80. The van der Waals surface area contributed by atoms with Crippen LogP contribution in [0.15, 0.2) is 33.7 Å². The summed E-state index contributed by atoms with van der Waals surface area (Å²) in [7, 11) is 1.54. The molecular formula is C15H14N4O4. The quantitative estimate of drug-likeness (QED) is 0.704. The maximum atomic E-state index is 12.2. The molecule has 0 aliphatic carbocycles. The van der Waals surface area contributed by atoms with Gasteiger partial charge in [-0.05, 0) is 24.6 Å². The van der Waals surface area contributed by atoms with Crippen molar-refractivity contribution in [2.75, 3.05) is 12.4 Å². The molecule has 23 heavy (non-hydrogen) atoms. The van der Waals surface area contributed by atoms with E-state index in [1.807, 2.05) is 0 Å². The third-order valence-electron chi connectivity index (χ3n) is 3.50. The molecule has 0 unspecified atom stereocenters. The van der Waals surface area contributed by atoms with Gasteiger partial charge >= 0.3 is 5.63 Å². The van der Waals surface area contributed by atoms with Crippen LogP contribution in [0, 0.1) is 6.92 Å². The van der Waals surface area contributed by atoms with E-state index in [-0.39, 0.29) is 18.3 Å². The summed E-state index contributed by atoms with van der Waals surface area (Å²) in [5, 5.41) is 9.43. The predicted molar refractivity (Wildman–Crippen MR) is 82.5 cm³/mol. The maximum absolute atomic E-state index is 12.2. The van der Waals surface area contributed by atoms with Gasteiger partial charge in [-0.3, -0.25) is 10.1 Å². The van der Waals surface area contributed by atoms with E-state index in [4.69, 9.17) is 9.15 Å². The third-order valence-corrected chi connectivity index (χ3v) is 3.50. The second-order valence-corrected chi connectivity index (χ2v) is 4.91. The molecule has 118 valence electrons. The highest BCUT2D eigenvalue weighted by Gasteiger charge is 2.16. The number of aromatic amines is 1. The molecule has 2 heterocycles. The van der Waals surface area contributed by atoms with Crippen LogP contribution in [0.2, 0.25) is 0 Å². The topological polar surface area (TPSA) is 110 Å². The minimum Gasteiger partial charge on any atom is -0.497 e. The highest BCUT2D eigenvalue weighted by molar-refractivity contribution is 5.92. The zero-order valence-corrected chi connectivity index (χ0v) is 12.5. The number of amides is 1. The van der Waals surface area contributed by atoms with Crippen LogP contribution in [0.3, 0.4) is 0 Å². The lowest BCUT2D eigenvalue weighted by Gasteiger charge is -2.08. The number of rotatable bonds is 4. The number of methoxy groups -OCH3 is 1. The summed E-state index contributed by atoms with van der Waals surface area (Å²) in [6, 6.07) is 5.21. The number of aryl methyl sites for hydroxylation is 1. The number of anilines is 1. The first kappa shape index (κ1) is 14.8. The molecule has 0 saturated heterocycles. The Morgan fingerprint density at radius 1 is 1.43 bits per heavy atom. The number of fused-ring (bicyclic) bond motifs is 1. The molecule has 3 aromatic rings. The van der Waals surface area contributed by atoms with Crippen LogP contribution in [-0.4, -0.2) is 28.2 Å². The Hall–Kier alpha value is -3.16. The van der Waals surface area contributed by atoms with Crippen molar-refractivity contribution in [2.45, 2.75) is 13.3 Å². The predicted octanol–water partition coefficient (Wildman–Crippen LogP) is 1.41. The molecule has 8 heteroatoms. The lowest BCUT2D eigenvalue weighted by atomic mass is 10.0. The van der Waals surface area contributed by atoms with Crippen molar-refractivity contribution >= 4 is 22.8 Å². The minimum absolute atomic E-state index is 0.114. The van der Waals surface area contributed by atoms with Crippen molar-refractivity contribution in [3.63, 3.8) is 0 Å². The lowest BCUT2D eigenvalue weighted by molar-refractivity contribution is -0.115. The summed E-state index contributed by atoms with van der Waals surface area (Å²) >= 11 is 0. The molecule has 8 nitrogen and oxygen atoms in total. The maximum Gasteiger partial charge on any atom is 0.340 e. The Morgan fingerprint density at radius 2 is 2.26 bits per heavy atom. The van der Waals surface area contributed by atoms with Crippen molar-refractivity contribution < 1.29 is 13.9 Å². The summed E-state index contributed by atoms with van der Waals surface area (Å²) in [5.41, 5.74) is 0.883. The van der Waals surface area contributed by atoms with Crippen LogP contribution >= 0.6 is 0 Å². The smallest absolute Gasteiger partial charge is 0.340 e. The van der Waals surface area contributed by atoms with Gasteiger partial charge in [0.2, 0.25) is 11.9 Å². The fourth-order valence-corrected chi connectivity index (χ4v) is 2.31. The molecule has 0 spiro atoms. The summed E-state index contributed by atoms with van der Waals surface area (Å²) in [6.07, 6.45) is 1.16. The summed E-state index contributed by atoms with van der Waals surface area (Å²) in [4.78, 5) is 28.0. The van der Waals surface area contributed by atoms with E-state index in [1.54, 1.807) is 25.1 Å². The van der Waals surface area contributed by atoms with Crippen LogP contribution < -0.4 is 15.7 Å². The van der Waals surface area contributed by atoms with E-state index in [0.29, 0.717) is 22.5 Å². The van der Waals surface area contributed by atoms with Gasteiger partial charge in [0.1, 0.15) is 17.7 Å². The number of hydrogen-bond acceptors (Lipinski definition) is 6.